The van der Waals surface area contributed by atoms with Gasteiger partial charge in [-0.25, -0.2) is 9.97 Å². The van der Waals surface area contributed by atoms with Gasteiger partial charge >= 0.3 is 0 Å². The molecule has 0 saturated carbocycles. The van der Waals surface area contributed by atoms with E-state index >= 15 is 0 Å². The Morgan fingerprint density at radius 3 is 2.21 bits per heavy atom. The van der Waals surface area contributed by atoms with Crippen LogP contribution in [-0.2, 0) is 7.05 Å². The van der Waals surface area contributed by atoms with Crippen LogP contribution in [0.1, 0.15) is 19.4 Å². The average molecular weight is 512 g/mol. The molecule has 2 aliphatic rings. The second kappa shape index (κ2) is 9.31. The number of methoxy groups -OCH3 is 2. The van der Waals surface area contributed by atoms with Gasteiger partial charge in [-0.3, -0.25) is 0 Å². The Morgan fingerprint density at radius 2 is 1.55 bits per heavy atom. The van der Waals surface area contributed by atoms with E-state index in [-0.39, 0.29) is 0 Å². The molecule has 2 aliphatic heterocycles. The van der Waals surface area contributed by atoms with Gasteiger partial charge in [-0.1, -0.05) is 26.0 Å². The molecule has 4 heterocycles. The maximum Gasteiger partial charge on any atom is 0.161 e. The van der Waals surface area contributed by atoms with E-state index in [4.69, 9.17) is 19.4 Å². The molecule has 7 nitrogen and oxygen atoms in total. The summed E-state index contributed by atoms with van der Waals surface area (Å²) in [5, 5.41) is 0. The number of rotatable bonds is 7. The van der Waals surface area contributed by atoms with Gasteiger partial charge in [0.2, 0.25) is 0 Å². The minimum Gasteiger partial charge on any atom is -0.493 e. The van der Waals surface area contributed by atoms with Gasteiger partial charge in [-0.15, -0.1) is 0 Å². The summed E-state index contributed by atoms with van der Waals surface area (Å²) in [7, 11) is 5.31. The van der Waals surface area contributed by atoms with E-state index in [9.17, 15) is 0 Å². The molecule has 0 radical (unpaired) electrons. The molecule has 2 saturated heterocycles. The second-order valence-electron chi connectivity index (χ2n) is 11.5. The fourth-order valence-electron chi connectivity index (χ4n) is 6.22. The monoisotopic (exact) mass is 511 g/mol. The highest BCUT2D eigenvalue weighted by molar-refractivity contribution is 5.83. The summed E-state index contributed by atoms with van der Waals surface area (Å²) >= 11 is 0. The second-order valence-corrected chi connectivity index (χ2v) is 11.5. The van der Waals surface area contributed by atoms with Crippen LogP contribution >= 0.6 is 0 Å². The standard InChI is InChI=1S/C31H37N5O2/c1-20(2)15-35-16-31(17-35)18-36(19-31)24-10-7-22(8-11-24)25-13-21(3)28-30(32-25)34(4)29(33-28)23-9-12-26(37-5)27(14-23)38-6/h7-14,20H,15-19H2,1-6H3. The lowest BCUT2D eigenvalue weighted by molar-refractivity contribution is -0.0279. The summed E-state index contributed by atoms with van der Waals surface area (Å²) in [6.45, 7) is 12.8. The number of aryl methyl sites for hydroxylation is 2. The smallest absolute Gasteiger partial charge is 0.161 e. The summed E-state index contributed by atoms with van der Waals surface area (Å²) in [5.74, 6) is 2.97. The van der Waals surface area contributed by atoms with Crippen LogP contribution < -0.4 is 14.4 Å². The molecule has 1 spiro atoms. The molecule has 0 aliphatic carbocycles. The molecule has 0 bridgehead atoms. The lowest BCUT2D eigenvalue weighted by atomic mass is 9.72. The van der Waals surface area contributed by atoms with Crippen LogP contribution in [0.5, 0.6) is 11.5 Å². The third kappa shape index (κ3) is 4.19. The first-order chi connectivity index (χ1) is 18.3. The van der Waals surface area contributed by atoms with Crippen LogP contribution in [0.2, 0.25) is 0 Å². The van der Waals surface area contributed by atoms with Gasteiger partial charge in [0.05, 0.1) is 19.9 Å². The first-order valence-corrected chi connectivity index (χ1v) is 13.4. The van der Waals surface area contributed by atoms with Gasteiger partial charge in [-0.05, 0) is 54.8 Å². The summed E-state index contributed by atoms with van der Waals surface area (Å²) in [6.07, 6.45) is 0. The van der Waals surface area contributed by atoms with E-state index in [1.54, 1.807) is 14.2 Å². The number of ether oxygens (including phenoxy) is 2. The zero-order valence-corrected chi connectivity index (χ0v) is 23.3. The molecule has 0 unspecified atom stereocenters. The summed E-state index contributed by atoms with van der Waals surface area (Å²) in [6, 6.07) is 16.9. The molecular weight excluding hydrogens is 474 g/mol. The first-order valence-electron chi connectivity index (χ1n) is 13.4. The Morgan fingerprint density at radius 1 is 0.868 bits per heavy atom. The fraction of sp³-hybridized carbons (Fsp3) is 0.419. The average Bonchev–Trinajstić information content (AvgIpc) is 3.21. The molecule has 6 rings (SSSR count). The number of benzene rings is 2. The Hall–Kier alpha value is -3.58. The van der Waals surface area contributed by atoms with Gasteiger partial charge in [-0.2, -0.15) is 0 Å². The van der Waals surface area contributed by atoms with Crippen LogP contribution in [0.4, 0.5) is 5.69 Å². The number of pyridine rings is 1. The minimum atomic E-state index is 0.516. The highest BCUT2D eigenvalue weighted by Gasteiger charge is 2.51. The van der Waals surface area contributed by atoms with Crippen molar-refractivity contribution in [2.75, 3.05) is 51.8 Å². The third-order valence-electron chi connectivity index (χ3n) is 7.98. The van der Waals surface area contributed by atoms with Crippen LogP contribution in [-0.4, -0.2) is 66.4 Å². The number of anilines is 1. The molecule has 4 aromatic rings. The van der Waals surface area contributed by atoms with Crippen LogP contribution in [0.25, 0.3) is 33.8 Å². The van der Waals surface area contributed by atoms with E-state index in [0.717, 1.165) is 58.4 Å². The number of aromatic nitrogens is 3. The lowest BCUT2D eigenvalue weighted by Gasteiger charge is -2.61. The number of imidazole rings is 1. The lowest BCUT2D eigenvalue weighted by Crippen LogP contribution is -2.72. The maximum atomic E-state index is 5.51. The zero-order valence-electron chi connectivity index (χ0n) is 23.3. The fourth-order valence-corrected chi connectivity index (χ4v) is 6.22. The van der Waals surface area contributed by atoms with E-state index in [2.05, 4.69) is 65.5 Å². The summed E-state index contributed by atoms with van der Waals surface area (Å²) in [5.41, 5.74) is 7.75. The highest BCUT2D eigenvalue weighted by atomic mass is 16.5. The highest BCUT2D eigenvalue weighted by Crippen LogP contribution is 2.42. The molecule has 7 heteroatoms. The van der Waals surface area contributed by atoms with Crippen LogP contribution in [0.3, 0.4) is 0 Å². The third-order valence-corrected chi connectivity index (χ3v) is 7.98. The van der Waals surface area contributed by atoms with Crippen molar-refractivity contribution in [2.45, 2.75) is 20.8 Å². The molecule has 0 N–H and O–H groups in total. The molecule has 2 aromatic heterocycles. The predicted octanol–water partition coefficient (Wildman–Crippen LogP) is 5.41. The Kier molecular flexibility index (Phi) is 6.06. The number of hydrogen-bond donors (Lipinski definition) is 0. The van der Waals surface area contributed by atoms with Gasteiger partial charge in [0, 0.05) is 62.0 Å². The van der Waals surface area contributed by atoms with Gasteiger partial charge in [0.1, 0.15) is 11.3 Å². The molecule has 0 atom stereocenters. The van der Waals surface area contributed by atoms with Crippen molar-refractivity contribution in [3.05, 3.63) is 54.1 Å². The first kappa shape index (κ1) is 24.7. The normalized spacial score (nSPS) is 16.7. The van der Waals surface area contributed by atoms with Crippen molar-refractivity contribution >= 4 is 16.9 Å². The SMILES string of the molecule is COc1ccc(-c2nc3c(C)cc(-c4ccc(N5CC6(CN(CC(C)C)C6)C5)cc4)nc3n2C)cc1OC. The summed E-state index contributed by atoms with van der Waals surface area (Å²) in [4.78, 5) is 15.1. The number of hydrogen-bond acceptors (Lipinski definition) is 6. The summed E-state index contributed by atoms with van der Waals surface area (Å²) < 4.78 is 13.0. The molecule has 2 fully saturated rings. The minimum absolute atomic E-state index is 0.516. The van der Waals surface area contributed by atoms with Gasteiger partial charge in [0.25, 0.3) is 0 Å². The van der Waals surface area contributed by atoms with E-state index in [1.165, 1.54) is 25.3 Å². The van der Waals surface area contributed by atoms with E-state index in [1.807, 2.05) is 25.2 Å². The molecule has 198 valence electrons. The largest absolute Gasteiger partial charge is 0.493 e. The zero-order chi connectivity index (χ0) is 26.6. The Labute approximate surface area is 225 Å². The van der Waals surface area contributed by atoms with Crippen molar-refractivity contribution in [1.82, 2.24) is 19.4 Å². The van der Waals surface area contributed by atoms with Crippen molar-refractivity contribution in [3.63, 3.8) is 0 Å². The van der Waals surface area contributed by atoms with Crippen molar-refractivity contribution in [3.8, 4) is 34.1 Å². The number of likely N-dealkylation sites (tertiary alicyclic amines) is 1. The van der Waals surface area contributed by atoms with E-state index < -0.39 is 0 Å². The van der Waals surface area contributed by atoms with Crippen molar-refractivity contribution < 1.29 is 9.47 Å². The van der Waals surface area contributed by atoms with Crippen molar-refractivity contribution in [2.24, 2.45) is 18.4 Å². The van der Waals surface area contributed by atoms with E-state index in [0.29, 0.717) is 16.9 Å². The molecular formula is C31H37N5O2. The van der Waals surface area contributed by atoms with Crippen molar-refractivity contribution in [1.29, 1.82) is 0 Å². The quantitative estimate of drug-likeness (QED) is 0.331. The predicted molar refractivity (Wildman–Crippen MR) is 153 cm³/mol. The van der Waals surface area contributed by atoms with Crippen LogP contribution in [0, 0.1) is 18.3 Å². The number of nitrogens with zero attached hydrogens (tertiary/aromatic N) is 5. The molecule has 2 aromatic carbocycles. The number of fused-ring (bicyclic) bond motifs is 1. The van der Waals surface area contributed by atoms with Crippen LogP contribution in [0.15, 0.2) is 48.5 Å². The Balaban J connectivity index is 1.22. The van der Waals surface area contributed by atoms with Gasteiger partial charge in [0.15, 0.2) is 17.1 Å². The topological polar surface area (TPSA) is 55.7 Å². The maximum absolute atomic E-state index is 5.51. The molecule has 0 amide bonds. The Bertz CT molecular complexity index is 1480. The van der Waals surface area contributed by atoms with Gasteiger partial charge < -0.3 is 23.8 Å². The molecule has 38 heavy (non-hydrogen) atoms.